The van der Waals surface area contributed by atoms with Gasteiger partial charge in [-0.2, -0.15) is 0 Å². The van der Waals surface area contributed by atoms with Crippen LogP contribution in [0.25, 0.3) is 11.0 Å². The van der Waals surface area contributed by atoms with Crippen LogP contribution in [0.2, 0.25) is 0 Å². The number of nitrogens with zero attached hydrogens (tertiary/aromatic N) is 2. The minimum Gasteiger partial charge on any atom is -0.339 e. The topological polar surface area (TPSA) is 89.3 Å². The minimum absolute atomic E-state index is 0.0567. The first-order valence-electron chi connectivity index (χ1n) is 9.42. The number of hydrogen-bond acceptors (Lipinski definition) is 3. The molecule has 138 valence electrons. The number of rotatable bonds is 2. The summed E-state index contributed by atoms with van der Waals surface area (Å²) in [6, 6.07) is 5.17. The van der Waals surface area contributed by atoms with Gasteiger partial charge in [-0.05, 0) is 31.0 Å². The maximum atomic E-state index is 12.7. The molecule has 2 heterocycles. The number of carbonyl (C=O) groups is 2. The highest BCUT2D eigenvalue weighted by atomic mass is 16.2. The van der Waals surface area contributed by atoms with E-state index in [0.29, 0.717) is 42.8 Å². The van der Waals surface area contributed by atoms with Crippen molar-refractivity contribution < 1.29 is 9.59 Å². The number of aromatic nitrogens is 2. The van der Waals surface area contributed by atoms with Gasteiger partial charge in [-0.15, -0.1) is 0 Å². The van der Waals surface area contributed by atoms with Crippen molar-refractivity contribution >= 4 is 22.8 Å². The molecule has 1 aromatic carbocycles. The van der Waals surface area contributed by atoms with Gasteiger partial charge in [0.2, 0.25) is 5.91 Å². The van der Waals surface area contributed by atoms with Crippen molar-refractivity contribution in [1.29, 1.82) is 0 Å². The molecule has 1 saturated heterocycles. The molecule has 0 radical (unpaired) electrons. The molecule has 7 heteroatoms. The maximum absolute atomic E-state index is 12.7. The Morgan fingerprint density at radius 3 is 2.27 bits per heavy atom. The van der Waals surface area contributed by atoms with Crippen LogP contribution in [0.3, 0.4) is 0 Å². The molecule has 1 aliphatic carbocycles. The Kier molecular flexibility index (Phi) is 4.53. The molecule has 0 spiro atoms. The van der Waals surface area contributed by atoms with Crippen molar-refractivity contribution in [3.05, 3.63) is 34.2 Å². The largest absolute Gasteiger partial charge is 0.339 e. The second kappa shape index (κ2) is 6.97. The van der Waals surface area contributed by atoms with Gasteiger partial charge in [0.15, 0.2) is 0 Å². The number of carbonyl (C=O) groups excluding carboxylic acids is 2. The summed E-state index contributed by atoms with van der Waals surface area (Å²) in [6.07, 6.45) is 5.56. The smallest absolute Gasteiger partial charge is 0.323 e. The standard InChI is InChI=1S/C19H24N4O3/c24-17(13-4-2-1-3-5-13)22-8-10-23(11-9-22)18(25)14-6-7-15-16(12-14)21-19(26)20-15/h6-7,12-13H,1-5,8-11H2,(H2,20,21,26). The van der Waals surface area contributed by atoms with Gasteiger partial charge in [-0.1, -0.05) is 19.3 Å². The lowest BCUT2D eigenvalue weighted by molar-refractivity contribution is -0.138. The van der Waals surface area contributed by atoms with Gasteiger partial charge < -0.3 is 19.8 Å². The highest BCUT2D eigenvalue weighted by molar-refractivity contribution is 5.97. The number of nitrogens with one attached hydrogen (secondary N) is 2. The van der Waals surface area contributed by atoms with Gasteiger partial charge in [0.25, 0.3) is 5.91 Å². The van der Waals surface area contributed by atoms with Gasteiger partial charge in [0, 0.05) is 37.7 Å². The van der Waals surface area contributed by atoms with Gasteiger partial charge in [0.05, 0.1) is 11.0 Å². The van der Waals surface area contributed by atoms with Crippen LogP contribution in [0, 0.1) is 5.92 Å². The first-order chi connectivity index (χ1) is 12.6. The average molecular weight is 356 g/mol. The van der Waals surface area contributed by atoms with Crippen molar-refractivity contribution in [2.45, 2.75) is 32.1 Å². The van der Waals surface area contributed by atoms with E-state index in [1.807, 2.05) is 4.90 Å². The summed E-state index contributed by atoms with van der Waals surface area (Å²) in [4.78, 5) is 45.8. The molecular formula is C19H24N4O3. The summed E-state index contributed by atoms with van der Waals surface area (Å²) in [7, 11) is 0. The second-order valence-electron chi connectivity index (χ2n) is 7.29. The molecule has 1 saturated carbocycles. The Morgan fingerprint density at radius 1 is 0.885 bits per heavy atom. The molecular weight excluding hydrogens is 332 g/mol. The van der Waals surface area contributed by atoms with Gasteiger partial charge in [-0.25, -0.2) is 4.79 Å². The molecule has 0 unspecified atom stereocenters. The fourth-order valence-corrected chi connectivity index (χ4v) is 4.09. The quantitative estimate of drug-likeness (QED) is 0.859. The fraction of sp³-hybridized carbons (Fsp3) is 0.526. The molecule has 2 amide bonds. The van der Waals surface area contributed by atoms with E-state index in [4.69, 9.17) is 0 Å². The zero-order chi connectivity index (χ0) is 18.1. The number of hydrogen-bond donors (Lipinski definition) is 2. The van der Waals surface area contributed by atoms with Crippen LogP contribution < -0.4 is 5.69 Å². The lowest BCUT2D eigenvalue weighted by atomic mass is 9.88. The molecule has 4 rings (SSSR count). The number of imidazole rings is 1. The van der Waals surface area contributed by atoms with Crippen molar-refractivity contribution in [2.24, 2.45) is 5.92 Å². The molecule has 2 fully saturated rings. The Labute approximate surface area is 151 Å². The highest BCUT2D eigenvalue weighted by Crippen LogP contribution is 2.26. The van der Waals surface area contributed by atoms with E-state index >= 15 is 0 Å². The van der Waals surface area contributed by atoms with E-state index in [2.05, 4.69) is 9.97 Å². The van der Waals surface area contributed by atoms with Crippen molar-refractivity contribution in [2.75, 3.05) is 26.2 Å². The molecule has 1 aromatic heterocycles. The molecule has 26 heavy (non-hydrogen) atoms. The van der Waals surface area contributed by atoms with Crippen LogP contribution in [0.15, 0.2) is 23.0 Å². The molecule has 2 aliphatic rings. The maximum Gasteiger partial charge on any atom is 0.323 e. The Bertz CT molecular complexity index is 870. The number of fused-ring (bicyclic) bond motifs is 1. The number of H-pyrrole nitrogens is 2. The Morgan fingerprint density at radius 2 is 1.54 bits per heavy atom. The molecule has 2 N–H and O–H groups in total. The summed E-state index contributed by atoms with van der Waals surface area (Å²) in [5, 5.41) is 0. The number of amides is 2. The first kappa shape index (κ1) is 16.9. The summed E-state index contributed by atoms with van der Waals surface area (Å²) >= 11 is 0. The van der Waals surface area contributed by atoms with Crippen molar-refractivity contribution in [3.8, 4) is 0 Å². The van der Waals surface area contributed by atoms with Crippen LogP contribution in [0.1, 0.15) is 42.5 Å². The fourth-order valence-electron chi connectivity index (χ4n) is 4.09. The van der Waals surface area contributed by atoms with Crippen LogP contribution >= 0.6 is 0 Å². The molecule has 7 nitrogen and oxygen atoms in total. The zero-order valence-electron chi connectivity index (χ0n) is 14.8. The third kappa shape index (κ3) is 3.25. The summed E-state index contributed by atoms with van der Waals surface area (Å²) in [6.45, 7) is 2.31. The predicted octanol–water partition coefficient (Wildman–Crippen LogP) is 1.72. The van der Waals surface area contributed by atoms with E-state index in [1.54, 1.807) is 23.1 Å². The third-order valence-corrected chi connectivity index (χ3v) is 5.60. The van der Waals surface area contributed by atoms with Gasteiger partial charge >= 0.3 is 5.69 Å². The molecule has 2 aromatic rings. The van der Waals surface area contributed by atoms with Crippen LogP contribution in [0.5, 0.6) is 0 Å². The van der Waals surface area contributed by atoms with Crippen molar-refractivity contribution in [1.82, 2.24) is 19.8 Å². The average Bonchev–Trinajstić information content (AvgIpc) is 3.07. The molecule has 0 bridgehead atoms. The normalized spacial score (nSPS) is 19.1. The highest BCUT2D eigenvalue weighted by Gasteiger charge is 2.30. The van der Waals surface area contributed by atoms with Crippen molar-refractivity contribution in [3.63, 3.8) is 0 Å². The monoisotopic (exact) mass is 356 g/mol. The number of piperazine rings is 1. The zero-order valence-corrected chi connectivity index (χ0v) is 14.8. The van der Waals surface area contributed by atoms with Crippen LogP contribution in [-0.4, -0.2) is 57.8 Å². The molecule has 1 aliphatic heterocycles. The predicted molar refractivity (Wildman–Crippen MR) is 98.0 cm³/mol. The van der Waals surface area contributed by atoms with Crippen LogP contribution in [0.4, 0.5) is 0 Å². The second-order valence-corrected chi connectivity index (χ2v) is 7.29. The lowest BCUT2D eigenvalue weighted by Gasteiger charge is -2.37. The SMILES string of the molecule is O=C(c1ccc2[nH]c(=O)[nH]c2c1)N1CCN(C(=O)C2CCCCC2)CC1. The minimum atomic E-state index is -0.278. The van der Waals surface area contributed by atoms with E-state index in [-0.39, 0.29) is 23.4 Å². The van der Waals surface area contributed by atoms with E-state index in [0.717, 1.165) is 25.7 Å². The summed E-state index contributed by atoms with van der Waals surface area (Å²) in [5.41, 5.74) is 1.60. The number of benzene rings is 1. The van der Waals surface area contributed by atoms with Gasteiger partial charge in [0.1, 0.15) is 0 Å². The molecule has 0 atom stereocenters. The summed E-state index contributed by atoms with van der Waals surface area (Å²) < 4.78 is 0. The third-order valence-electron chi connectivity index (χ3n) is 5.60. The van der Waals surface area contributed by atoms with E-state index in [1.165, 1.54) is 6.42 Å². The Hall–Kier alpha value is -2.57. The van der Waals surface area contributed by atoms with Crippen LogP contribution in [-0.2, 0) is 4.79 Å². The lowest BCUT2D eigenvalue weighted by Crippen LogP contribution is -2.52. The first-order valence-corrected chi connectivity index (χ1v) is 9.42. The summed E-state index contributed by atoms with van der Waals surface area (Å²) in [5.74, 6) is 0.389. The van der Waals surface area contributed by atoms with Gasteiger partial charge in [-0.3, -0.25) is 9.59 Å². The van der Waals surface area contributed by atoms with E-state index in [9.17, 15) is 14.4 Å². The number of aromatic amines is 2. The van der Waals surface area contributed by atoms with E-state index < -0.39 is 0 Å². The Balaban J connectivity index is 1.39.